The molecule has 0 aliphatic heterocycles. The van der Waals surface area contributed by atoms with Crippen molar-refractivity contribution in [3.05, 3.63) is 87.2 Å². The topological polar surface area (TPSA) is 118 Å². The number of halogens is 3. The van der Waals surface area contributed by atoms with Crippen LogP contribution in [0.25, 0.3) is 22.2 Å². The van der Waals surface area contributed by atoms with E-state index in [0.717, 1.165) is 33.0 Å². The second-order valence-corrected chi connectivity index (χ2v) is 12.3. The van der Waals surface area contributed by atoms with Crippen molar-refractivity contribution in [1.82, 2.24) is 19.8 Å². The molecule has 0 spiro atoms. The number of hydrogen-bond acceptors (Lipinski definition) is 6. The van der Waals surface area contributed by atoms with Crippen LogP contribution in [-0.4, -0.2) is 52.1 Å². The van der Waals surface area contributed by atoms with E-state index in [0.29, 0.717) is 22.7 Å². The molecular formula is C34H39F3N4O5. The number of oxazole rings is 1. The molecule has 12 heteroatoms. The van der Waals surface area contributed by atoms with Gasteiger partial charge in [-0.3, -0.25) is 14.4 Å². The third-order valence-electron chi connectivity index (χ3n) is 7.94. The lowest BCUT2D eigenvalue weighted by Gasteiger charge is -2.26. The number of carboxylic acid groups (broad SMARTS) is 1. The molecule has 2 N–H and O–H groups in total. The summed E-state index contributed by atoms with van der Waals surface area (Å²) in [6, 6.07) is 7.64. The van der Waals surface area contributed by atoms with Crippen LogP contribution in [0, 0.1) is 19.8 Å². The van der Waals surface area contributed by atoms with Crippen molar-refractivity contribution in [3.63, 3.8) is 0 Å². The van der Waals surface area contributed by atoms with Crippen molar-refractivity contribution in [3.8, 4) is 11.1 Å². The van der Waals surface area contributed by atoms with Crippen molar-refractivity contribution in [2.75, 3.05) is 20.6 Å². The highest BCUT2D eigenvalue weighted by atomic mass is 19.4. The molecule has 0 saturated heterocycles. The van der Waals surface area contributed by atoms with E-state index in [1.807, 2.05) is 45.9 Å². The summed E-state index contributed by atoms with van der Waals surface area (Å²) in [5.41, 5.74) is 2.63. The Morgan fingerprint density at radius 2 is 1.78 bits per heavy atom. The fraction of sp³-hybridized carbons (Fsp3) is 0.412. The van der Waals surface area contributed by atoms with Crippen LogP contribution in [-0.2, 0) is 22.2 Å². The standard InChI is InChI=1S/C34H39F3N4O5/c1-19(2)12-27(41-17-22(10-11-40(5)6)25(15-29(41)42)34(35,36)37)33(45)39-26(16-30(43)44)24-13-23(14-28-32(24)38-18-46-28)31-20(3)8-7-9-21(31)4/h7-9,13-15,17-19,26-27H,10-12,16H2,1-6H3,(H,39,45)(H,43,44)/t26-,27-/m1/s1. The summed E-state index contributed by atoms with van der Waals surface area (Å²) in [4.78, 5) is 45.4. The van der Waals surface area contributed by atoms with Gasteiger partial charge in [0.25, 0.3) is 5.56 Å². The number of aliphatic carboxylic acids is 1. The highest BCUT2D eigenvalue weighted by molar-refractivity contribution is 5.88. The maximum absolute atomic E-state index is 14.1. The van der Waals surface area contributed by atoms with Crippen molar-refractivity contribution >= 4 is 23.0 Å². The minimum Gasteiger partial charge on any atom is -0.481 e. The van der Waals surface area contributed by atoms with E-state index < -0.39 is 47.7 Å². The van der Waals surface area contributed by atoms with Crippen LogP contribution >= 0.6 is 0 Å². The Bertz CT molecular complexity index is 1770. The number of rotatable bonds is 12. The molecule has 0 aliphatic carbocycles. The lowest BCUT2D eigenvalue weighted by Crippen LogP contribution is -2.40. The third-order valence-corrected chi connectivity index (χ3v) is 7.94. The Morgan fingerprint density at radius 1 is 1.11 bits per heavy atom. The number of amides is 1. The zero-order chi connectivity index (χ0) is 33.9. The Kier molecular flexibility index (Phi) is 10.4. The van der Waals surface area contributed by atoms with Gasteiger partial charge in [-0.1, -0.05) is 32.0 Å². The molecule has 0 radical (unpaired) electrons. The van der Waals surface area contributed by atoms with Gasteiger partial charge in [0.05, 0.1) is 18.0 Å². The number of pyridine rings is 1. The summed E-state index contributed by atoms with van der Waals surface area (Å²) in [7, 11) is 3.45. The first-order valence-corrected chi connectivity index (χ1v) is 15.0. The third kappa shape index (κ3) is 7.85. The first-order chi connectivity index (χ1) is 21.6. The van der Waals surface area contributed by atoms with Gasteiger partial charge in [-0.05, 0) is 86.7 Å². The summed E-state index contributed by atoms with van der Waals surface area (Å²) in [6.07, 6.45) is -2.81. The molecular weight excluding hydrogens is 601 g/mol. The maximum Gasteiger partial charge on any atom is 0.416 e. The molecule has 4 aromatic rings. The maximum atomic E-state index is 14.1. The minimum atomic E-state index is -4.76. The Hall–Kier alpha value is -4.45. The number of carboxylic acids is 1. The Labute approximate surface area is 265 Å². The van der Waals surface area contributed by atoms with E-state index in [2.05, 4.69) is 10.3 Å². The fourth-order valence-electron chi connectivity index (χ4n) is 5.79. The molecule has 0 saturated carbocycles. The van der Waals surface area contributed by atoms with Crippen LogP contribution in [0.4, 0.5) is 13.2 Å². The van der Waals surface area contributed by atoms with Gasteiger partial charge < -0.3 is 24.3 Å². The van der Waals surface area contributed by atoms with Gasteiger partial charge in [0, 0.05) is 24.4 Å². The van der Waals surface area contributed by atoms with Gasteiger partial charge >= 0.3 is 12.1 Å². The molecule has 0 unspecified atom stereocenters. The summed E-state index contributed by atoms with van der Waals surface area (Å²) in [5, 5.41) is 12.7. The number of hydrogen-bond donors (Lipinski definition) is 2. The van der Waals surface area contributed by atoms with Gasteiger partial charge in [0.15, 0.2) is 12.0 Å². The number of nitrogens with one attached hydrogen (secondary N) is 1. The van der Waals surface area contributed by atoms with Gasteiger partial charge in [-0.15, -0.1) is 0 Å². The van der Waals surface area contributed by atoms with Crippen LogP contribution in [0.5, 0.6) is 0 Å². The van der Waals surface area contributed by atoms with Crippen molar-refractivity contribution < 1.29 is 32.3 Å². The van der Waals surface area contributed by atoms with Crippen molar-refractivity contribution in [1.29, 1.82) is 0 Å². The molecule has 246 valence electrons. The van der Waals surface area contributed by atoms with Crippen LogP contribution in [0.2, 0.25) is 0 Å². The Morgan fingerprint density at radius 3 is 2.37 bits per heavy atom. The molecule has 9 nitrogen and oxygen atoms in total. The molecule has 4 rings (SSSR count). The number of alkyl halides is 3. The zero-order valence-corrected chi connectivity index (χ0v) is 26.7. The number of likely N-dealkylation sites (N-methyl/N-ethyl adjacent to an activating group) is 1. The largest absolute Gasteiger partial charge is 0.481 e. The predicted octanol–water partition coefficient (Wildman–Crippen LogP) is 6.32. The van der Waals surface area contributed by atoms with E-state index in [4.69, 9.17) is 4.42 Å². The van der Waals surface area contributed by atoms with Crippen LogP contribution < -0.4 is 10.9 Å². The van der Waals surface area contributed by atoms with Crippen molar-refractivity contribution in [2.24, 2.45) is 5.92 Å². The van der Waals surface area contributed by atoms with E-state index >= 15 is 0 Å². The zero-order valence-electron chi connectivity index (χ0n) is 26.7. The molecule has 1 amide bonds. The average Bonchev–Trinajstić information content (AvgIpc) is 3.42. The van der Waals surface area contributed by atoms with Gasteiger partial charge in [-0.25, -0.2) is 4.98 Å². The molecule has 0 fully saturated rings. The number of aromatic nitrogens is 2. The molecule has 0 aliphatic rings. The minimum absolute atomic E-state index is 0.00493. The highest BCUT2D eigenvalue weighted by Gasteiger charge is 2.36. The number of aryl methyl sites for hydroxylation is 2. The van der Waals surface area contributed by atoms with E-state index in [1.54, 1.807) is 31.1 Å². The fourth-order valence-corrected chi connectivity index (χ4v) is 5.79. The molecule has 2 atom stereocenters. The number of carbonyl (C=O) groups is 2. The van der Waals surface area contributed by atoms with Crippen molar-refractivity contribution in [2.45, 2.75) is 65.2 Å². The summed E-state index contributed by atoms with van der Waals surface area (Å²) < 4.78 is 48.5. The van der Waals surface area contributed by atoms with Gasteiger partial charge in [-0.2, -0.15) is 13.2 Å². The highest BCUT2D eigenvalue weighted by Crippen LogP contribution is 2.36. The summed E-state index contributed by atoms with van der Waals surface area (Å²) in [5.74, 6) is -2.03. The van der Waals surface area contributed by atoms with Crippen LogP contribution in [0.3, 0.4) is 0 Å². The second-order valence-electron chi connectivity index (χ2n) is 12.3. The van der Waals surface area contributed by atoms with Gasteiger partial charge in [0.2, 0.25) is 5.91 Å². The quantitative estimate of drug-likeness (QED) is 0.186. The van der Waals surface area contributed by atoms with E-state index in [1.165, 1.54) is 6.39 Å². The second kappa shape index (κ2) is 13.9. The molecule has 46 heavy (non-hydrogen) atoms. The first-order valence-electron chi connectivity index (χ1n) is 15.0. The van der Waals surface area contributed by atoms with Crippen LogP contribution in [0.15, 0.2) is 58.2 Å². The molecule has 2 heterocycles. The average molecular weight is 641 g/mol. The SMILES string of the molecule is Cc1cccc(C)c1-c1cc([C@@H](CC(=O)O)NC(=O)[C@@H](CC(C)C)n2cc(CCN(C)C)c(C(F)(F)F)cc2=O)c2ncoc2c1. The number of nitrogens with zero attached hydrogens (tertiary/aromatic N) is 3. The lowest BCUT2D eigenvalue weighted by molar-refractivity contribution is -0.139. The van der Waals surface area contributed by atoms with Crippen LogP contribution in [0.1, 0.15) is 66.6 Å². The molecule has 2 aromatic carbocycles. The predicted molar refractivity (Wildman–Crippen MR) is 169 cm³/mol. The molecule has 0 bridgehead atoms. The van der Waals surface area contributed by atoms with Gasteiger partial charge in [0.1, 0.15) is 11.6 Å². The summed E-state index contributed by atoms with van der Waals surface area (Å²) in [6.45, 7) is 7.84. The number of carbonyl (C=O) groups excluding carboxylic acids is 1. The lowest BCUT2D eigenvalue weighted by atomic mass is 9.91. The number of fused-ring (bicyclic) bond motifs is 1. The Balaban J connectivity index is 1.82. The molecule has 2 aromatic heterocycles. The normalized spacial score (nSPS) is 13.4. The van der Waals surface area contributed by atoms with E-state index in [-0.39, 0.29) is 30.9 Å². The first kappa shape index (κ1) is 34.4. The smallest absolute Gasteiger partial charge is 0.416 e. The monoisotopic (exact) mass is 640 g/mol. The summed E-state index contributed by atoms with van der Waals surface area (Å²) >= 11 is 0. The van der Waals surface area contributed by atoms with E-state index in [9.17, 15) is 32.7 Å². The number of benzene rings is 2.